The van der Waals surface area contributed by atoms with Crippen molar-refractivity contribution in [3.8, 4) is 5.75 Å². The van der Waals surface area contributed by atoms with Crippen molar-refractivity contribution in [1.29, 1.82) is 0 Å². The third-order valence-electron chi connectivity index (χ3n) is 4.92. The van der Waals surface area contributed by atoms with Gasteiger partial charge in [-0.2, -0.15) is 0 Å². The number of nitrogens with one attached hydrogen (secondary N) is 2. The number of Topliss-reactive ketones (excluding diaryl/α,β-unsaturated/α-hetero) is 1. The monoisotopic (exact) mass is 330 g/mol. The first-order valence-electron chi connectivity index (χ1n) is 8.89. The third-order valence-corrected chi connectivity index (χ3v) is 4.92. The normalized spacial score (nSPS) is 25.3. The third kappa shape index (κ3) is 4.57. The van der Waals surface area contributed by atoms with Gasteiger partial charge in [-0.3, -0.25) is 9.59 Å². The molecule has 130 valence electrons. The van der Waals surface area contributed by atoms with Gasteiger partial charge in [-0.1, -0.05) is 0 Å². The molecule has 1 aromatic carbocycles. The molecule has 2 saturated heterocycles. The molecule has 2 heterocycles. The quantitative estimate of drug-likeness (QED) is 0.595. The van der Waals surface area contributed by atoms with E-state index in [-0.39, 0.29) is 11.7 Å². The average molecular weight is 330 g/mol. The number of fused-ring (bicyclic) bond motifs is 2. The minimum absolute atomic E-state index is 0.0459. The highest BCUT2D eigenvalue weighted by molar-refractivity contribution is 5.94. The molecule has 3 rings (SSSR count). The molecule has 2 atom stereocenters. The first kappa shape index (κ1) is 17.0. The second-order valence-electron chi connectivity index (χ2n) is 6.91. The van der Waals surface area contributed by atoms with Crippen molar-refractivity contribution >= 4 is 11.7 Å². The Bertz CT molecular complexity index is 573. The van der Waals surface area contributed by atoms with Crippen molar-refractivity contribution in [2.24, 2.45) is 0 Å². The molecule has 2 aliphatic rings. The lowest BCUT2D eigenvalue weighted by molar-refractivity contribution is -0.122. The molecule has 1 amide bonds. The van der Waals surface area contributed by atoms with Crippen LogP contribution in [0.2, 0.25) is 0 Å². The van der Waals surface area contributed by atoms with Gasteiger partial charge in [-0.05, 0) is 63.3 Å². The number of piperidine rings is 1. The van der Waals surface area contributed by atoms with E-state index in [9.17, 15) is 9.59 Å². The van der Waals surface area contributed by atoms with Gasteiger partial charge in [-0.15, -0.1) is 0 Å². The molecule has 0 spiro atoms. The van der Waals surface area contributed by atoms with Gasteiger partial charge >= 0.3 is 0 Å². The van der Waals surface area contributed by atoms with Gasteiger partial charge in [0.15, 0.2) is 5.78 Å². The predicted octanol–water partition coefficient (Wildman–Crippen LogP) is 2.45. The average Bonchev–Trinajstić information content (AvgIpc) is 2.90. The smallest absolute Gasteiger partial charge is 0.220 e. The molecule has 0 aromatic heterocycles. The summed E-state index contributed by atoms with van der Waals surface area (Å²) in [6, 6.07) is 8.62. The molecule has 24 heavy (non-hydrogen) atoms. The van der Waals surface area contributed by atoms with E-state index in [2.05, 4.69) is 10.6 Å². The van der Waals surface area contributed by atoms with Crippen LogP contribution in [0.25, 0.3) is 0 Å². The van der Waals surface area contributed by atoms with Crippen LogP contribution < -0.4 is 15.4 Å². The van der Waals surface area contributed by atoms with E-state index in [1.54, 1.807) is 31.2 Å². The van der Waals surface area contributed by atoms with Crippen molar-refractivity contribution in [3.05, 3.63) is 29.8 Å². The number of hydrogen-bond acceptors (Lipinski definition) is 4. The Labute approximate surface area is 143 Å². The lowest BCUT2D eigenvalue weighted by atomic mass is 9.99. The van der Waals surface area contributed by atoms with Gasteiger partial charge in [0.1, 0.15) is 5.75 Å². The van der Waals surface area contributed by atoms with Gasteiger partial charge < -0.3 is 15.4 Å². The molecule has 0 radical (unpaired) electrons. The number of carbonyl (C=O) groups is 2. The Morgan fingerprint density at radius 2 is 1.83 bits per heavy atom. The predicted molar refractivity (Wildman–Crippen MR) is 92.3 cm³/mol. The number of ketones is 1. The second-order valence-corrected chi connectivity index (χ2v) is 6.91. The van der Waals surface area contributed by atoms with Crippen LogP contribution in [0, 0.1) is 0 Å². The fraction of sp³-hybridized carbons (Fsp3) is 0.579. The summed E-state index contributed by atoms with van der Waals surface area (Å²) in [5.41, 5.74) is 0.678. The Hall–Kier alpha value is -1.88. The summed E-state index contributed by atoms with van der Waals surface area (Å²) < 4.78 is 5.62. The van der Waals surface area contributed by atoms with Crippen LogP contribution in [-0.2, 0) is 4.79 Å². The number of benzene rings is 1. The summed E-state index contributed by atoms with van der Waals surface area (Å²) in [7, 11) is 0. The molecular formula is C19H26N2O3. The Kier molecular flexibility index (Phi) is 5.51. The van der Waals surface area contributed by atoms with E-state index in [4.69, 9.17) is 4.74 Å². The lowest BCUT2D eigenvalue weighted by Crippen LogP contribution is -2.48. The zero-order valence-corrected chi connectivity index (χ0v) is 14.2. The van der Waals surface area contributed by atoms with Crippen molar-refractivity contribution in [1.82, 2.24) is 10.6 Å². The topological polar surface area (TPSA) is 67.4 Å². The van der Waals surface area contributed by atoms with Gasteiger partial charge in [0.25, 0.3) is 0 Å². The van der Waals surface area contributed by atoms with E-state index in [0.29, 0.717) is 43.1 Å². The maximum Gasteiger partial charge on any atom is 0.220 e. The zero-order valence-electron chi connectivity index (χ0n) is 14.2. The fourth-order valence-electron chi connectivity index (χ4n) is 3.68. The number of amides is 1. The maximum absolute atomic E-state index is 12.1. The lowest BCUT2D eigenvalue weighted by Gasteiger charge is -2.29. The highest BCUT2D eigenvalue weighted by atomic mass is 16.5. The van der Waals surface area contributed by atoms with Crippen LogP contribution in [0.5, 0.6) is 5.75 Å². The van der Waals surface area contributed by atoms with Crippen LogP contribution >= 0.6 is 0 Å². The molecule has 5 nitrogen and oxygen atoms in total. The molecule has 2 fully saturated rings. The van der Waals surface area contributed by atoms with E-state index in [1.165, 1.54) is 12.8 Å². The molecule has 2 bridgehead atoms. The van der Waals surface area contributed by atoms with Crippen molar-refractivity contribution < 1.29 is 14.3 Å². The van der Waals surface area contributed by atoms with E-state index in [0.717, 1.165) is 18.6 Å². The molecular weight excluding hydrogens is 304 g/mol. The molecule has 5 heteroatoms. The van der Waals surface area contributed by atoms with Crippen LogP contribution in [0.1, 0.15) is 55.8 Å². The summed E-state index contributed by atoms with van der Waals surface area (Å²) in [6.07, 6.45) is 5.78. The van der Waals surface area contributed by atoms with E-state index in [1.807, 2.05) is 0 Å². The number of rotatable bonds is 7. The molecule has 2 unspecified atom stereocenters. The first-order valence-corrected chi connectivity index (χ1v) is 8.89. The zero-order chi connectivity index (χ0) is 16.9. The molecule has 1 aromatic rings. The summed E-state index contributed by atoms with van der Waals surface area (Å²) >= 11 is 0. The number of hydrogen-bond donors (Lipinski definition) is 2. The standard InChI is InChI=1S/C19H26N2O3/c1-13(22)14-4-8-18(9-5-14)24-10-2-3-19(23)21-17-11-15-6-7-16(12-17)20-15/h4-5,8-9,15-17,20H,2-3,6-7,10-12H2,1H3,(H,21,23). The Morgan fingerprint density at radius 3 is 2.46 bits per heavy atom. The van der Waals surface area contributed by atoms with Crippen molar-refractivity contribution in [3.63, 3.8) is 0 Å². The van der Waals surface area contributed by atoms with Gasteiger partial charge in [0.05, 0.1) is 6.61 Å². The number of ether oxygens (including phenoxy) is 1. The van der Waals surface area contributed by atoms with Crippen LogP contribution in [0.4, 0.5) is 0 Å². The van der Waals surface area contributed by atoms with Crippen molar-refractivity contribution in [2.45, 2.75) is 63.6 Å². The Morgan fingerprint density at radius 1 is 1.17 bits per heavy atom. The summed E-state index contributed by atoms with van der Waals surface area (Å²) in [6.45, 7) is 2.05. The van der Waals surface area contributed by atoms with E-state index < -0.39 is 0 Å². The molecule has 0 aliphatic carbocycles. The summed E-state index contributed by atoms with van der Waals surface area (Å²) in [5.74, 6) is 0.900. The van der Waals surface area contributed by atoms with Crippen molar-refractivity contribution in [2.75, 3.05) is 6.61 Å². The summed E-state index contributed by atoms with van der Waals surface area (Å²) in [5, 5.41) is 6.75. The highest BCUT2D eigenvalue weighted by Crippen LogP contribution is 2.26. The SMILES string of the molecule is CC(=O)c1ccc(OCCCC(=O)NC2CC3CCC(C2)N3)cc1. The molecule has 2 aliphatic heterocycles. The Balaban J connectivity index is 1.32. The van der Waals surface area contributed by atoms with E-state index >= 15 is 0 Å². The first-order chi connectivity index (χ1) is 11.6. The van der Waals surface area contributed by atoms with Crippen LogP contribution in [-0.4, -0.2) is 36.4 Å². The van der Waals surface area contributed by atoms with Gasteiger partial charge in [-0.25, -0.2) is 0 Å². The number of carbonyl (C=O) groups excluding carboxylic acids is 2. The second kappa shape index (κ2) is 7.79. The van der Waals surface area contributed by atoms with Gasteiger partial charge in [0.2, 0.25) is 5.91 Å². The maximum atomic E-state index is 12.1. The minimum atomic E-state index is 0.0459. The van der Waals surface area contributed by atoms with Crippen LogP contribution in [0.3, 0.4) is 0 Å². The van der Waals surface area contributed by atoms with Gasteiger partial charge in [0, 0.05) is 30.1 Å². The summed E-state index contributed by atoms with van der Waals surface area (Å²) in [4.78, 5) is 23.3. The molecule has 0 saturated carbocycles. The highest BCUT2D eigenvalue weighted by Gasteiger charge is 2.33. The minimum Gasteiger partial charge on any atom is -0.494 e. The fourth-order valence-corrected chi connectivity index (χ4v) is 3.68. The largest absolute Gasteiger partial charge is 0.494 e. The molecule has 2 N–H and O–H groups in total. The van der Waals surface area contributed by atoms with Crippen LogP contribution in [0.15, 0.2) is 24.3 Å².